The molecule has 0 unspecified atom stereocenters. The highest BCUT2D eigenvalue weighted by Crippen LogP contribution is 2.32. The number of sulfonamides is 1. The Hall–Kier alpha value is -0.430. The van der Waals surface area contributed by atoms with E-state index in [0.29, 0.717) is 10.3 Å². The Morgan fingerprint density at radius 1 is 1.19 bits per heavy atom. The van der Waals surface area contributed by atoms with Crippen molar-refractivity contribution < 1.29 is 8.42 Å². The highest BCUT2D eigenvalue weighted by Gasteiger charge is 2.36. The minimum Gasteiger partial charge on any atom is -0.309 e. The van der Waals surface area contributed by atoms with Gasteiger partial charge in [0.05, 0.1) is 0 Å². The molecule has 1 aromatic heterocycles. The summed E-state index contributed by atoms with van der Waals surface area (Å²) in [5, 5.41) is 3.44. The third-order valence-electron chi connectivity index (χ3n) is 4.42. The summed E-state index contributed by atoms with van der Waals surface area (Å²) in [6, 6.07) is 4.58. The lowest BCUT2D eigenvalue weighted by Crippen LogP contribution is -2.47. The van der Waals surface area contributed by atoms with Crippen molar-refractivity contribution in [3.63, 3.8) is 0 Å². The molecule has 21 heavy (non-hydrogen) atoms. The molecule has 2 aliphatic rings. The number of nitrogens with zero attached hydrogens (tertiary/aromatic N) is 1. The standard InChI is InChI=1S/C15H24N2O2S2/c1-11-4-3-5-12(2)17(11)21(18,19)15-9-8-14(20-15)10-16-13-6-7-13/h8-9,11-13,16H,3-7,10H2,1-2H3/t11-,12+. The molecule has 1 N–H and O–H groups in total. The first kappa shape index (κ1) is 15.5. The summed E-state index contributed by atoms with van der Waals surface area (Å²) in [5.41, 5.74) is 0. The Bertz CT molecular complexity index is 583. The molecule has 1 saturated carbocycles. The molecule has 0 radical (unpaired) electrons. The van der Waals surface area contributed by atoms with Crippen LogP contribution in [0.2, 0.25) is 0 Å². The van der Waals surface area contributed by atoms with Crippen LogP contribution in [0, 0.1) is 0 Å². The Kier molecular flexibility index (Phi) is 4.41. The third kappa shape index (κ3) is 3.33. The smallest absolute Gasteiger partial charge is 0.253 e. The SMILES string of the molecule is C[C@@H]1CCC[C@H](C)N1S(=O)(=O)c1ccc(CNC2CC2)s1. The second-order valence-corrected chi connectivity index (χ2v) is 9.58. The number of rotatable bonds is 5. The number of hydrogen-bond donors (Lipinski definition) is 1. The Morgan fingerprint density at radius 2 is 1.86 bits per heavy atom. The van der Waals surface area contributed by atoms with Crippen LogP contribution in [0.25, 0.3) is 0 Å². The molecular formula is C15H24N2O2S2. The lowest BCUT2D eigenvalue weighted by molar-refractivity contribution is 0.204. The summed E-state index contributed by atoms with van der Waals surface area (Å²) in [6.45, 7) is 4.84. The van der Waals surface area contributed by atoms with Gasteiger partial charge < -0.3 is 5.32 Å². The van der Waals surface area contributed by atoms with Gasteiger partial charge in [-0.2, -0.15) is 4.31 Å². The van der Waals surface area contributed by atoms with Gasteiger partial charge in [0.1, 0.15) is 4.21 Å². The van der Waals surface area contributed by atoms with Gasteiger partial charge in [-0.1, -0.05) is 6.42 Å². The van der Waals surface area contributed by atoms with Gasteiger partial charge in [-0.15, -0.1) is 11.3 Å². The van der Waals surface area contributed by atoms with Crippen molar-refractivity contribution in [2.45, 2.75) is 74.8 Å². The number of hydrogen-bond acceptors (Lipinski definition) is 4. The molecule has 6 heteroatoms. The first-order valence-electron chi connectivity index (χ1n) is 7.84. The van der Waals surface area contributed by atoms with Crippen LogP contribution in [0.4, 0.5) is 0 Å². The lowest BCUT2D eigenvalue weighted by Gasteiger charge is -2.37. The number of piperidine rings is 1. The van der Waals surface area contributed by atoms with Crippen LogP contribution in [0.3, 0.4) is 0 Å². The van der Waals surface area contributed by atoms with Crippen molar-refractivity contribution in [2.75, 3.05) is 0 Å². The maximum Gasteiger partial charge on any atom is 0.253 e. The first-order chi connectivity index (χ1) is 9.98. The van der Waals surface area contributed by atoms with E-state index in [1.807, 2.05) is 19.9 Å². The maximum absolute atomic E-state index is 12.9. The minimum atomic E-state index is -3.34. The van der Waals surface area contributed by atoms with Crippen LogP contribution in [-0.2, 0) is 16.6 Å². The van der Waals surface area contributed by atoms with Crippen molar-refractivity contribution >= 4 is 21.4 Å². The van der Waals surface area contributed by atoms with Crippen molar-refractivity contribution in [2.24, 2.45) is 0 Å². The number of nitrogens with one attached hydrogen (secondary N) is 1. The summed E-state index contributed by atoms with van der Waals surface area (Å²) in [7, 11) is -3.34. The zero-order valence-corrected chi connectivity index (χ0v) is 14.3. The zero-order chi connectivity index (χ0) is 15.0. The van der Waals surface area contributed by atoms with E-state index in [0.717, 1.165) is 30.7 Å². The second kappa shape index (κ2) is 5.99. The quantitative estimate of drug-likeness (QED) is 0.904. The van der Waals surface area contributed by atoms with Crippen LogP contribution in [0.15, 0.2) is 16.3 Å². The van der Waals surface area contributed by atoms with Gasteiger partial charge in [-0.25, -0.2) is 8.42 Å². The van der Waals surface area contributed by atoms with Crippen LogP contribution < -0.4 is 5.32 Å². The van der Waals surface area contributed by atoms with E-state index < -0.39 is 10.0 Å². The molecule has 2 heterocycles. The Morgan fingerprint density at radius 3 is 2.48 bits per heavy atom. The zero-order valence-electron chi connectivity index (χ0n) is 12.7. The van der Waals surface area contributed by atoms with Gasteiger partial charge in [-0.3, -0.25) is 0 Å². The van der Waals surface area contributed by atoms with Gasteiger partial charge >= 0.3 is 0 Å². The first-order valence-corrected chi connectivity index (χ1v) is 10.1. The largest absolute Gasteiger partial charge is 0.309 e. The predicted octanol–water partition coefficient (Wildman–Crippen LogP) is 2.95. The Labute approximate surface area is 131 Å². The summed E-state index contributed by atoms with van der Waals surface area (Å²) in [6.07, 6.45) is 5.55. The highest BCUT2D eigenvalue weighted by atomic mass is 32.2. The lowest BCUT2D eigenvalue weighted by atomic mass is 10.0. The summed E-state index contributed by atoms with van der Waals surface area (Å²) < 4.78 is 28.0. The van der Waals surface area contributed by atoms with Crippen LogP contribution in [0.1, 0.15) is 50.8 Å². The molecule has 0 spiro atoms. The van der Waals surface area contributed by atoms with Gasteiger partial charge in [-0.05, 0) is 51.7 Å². The van der Waals surface area contributed by atoms with E-state index in [4.69, 9.17) is 0 Å². The topological polar surface area (TPSA) is 49.4 Å². The molecule has 2 fully saturated rings. The molecule has 1 aliphatic carbocycles. The van der Waals surface area contributed by atoms with E-state index in [1.54, 1.807) is 10.4 Å². The number of thiophene rings is 1. The molecule has 1 aliphatic heterocycles. The van der Waals surface area contributed by atoms with E-state index >= 15 is 0 Å². The molecule has 2 atom stereocenters. The summed E-state index contributed by atoms with van der Waals surface area (Å²) in [4.78, 5) is 1.11. The van der Waals surface area contributed by atoms with Gasteiger partial charge in [0.2, 0.25) is 0 Å². The van der Waals surface area contributed by atoms with Gasteiger partial charge in [0.25, 0.3) is 10.0 Å². The summed E-state index contributed by atoms with van der Waals surface area (Å²) >= 11 is 1.42. The van der Waals surface area contributed by atoms with Crippen LogP contribution >= 0.6 is 11.3 Å². The average Bonchev–Trinajstić information content (AvgIpc) is 3.12. The molecule has 1 saturated heterocycles. The van der Waals surface area contributed by atoms with Gasteiger partial charge in [0.15, 0.2) is 0 Å². The molecule has 0 amide bonds. The van der Waals surface area contributed by atoms with Crippen molar-refractivity contribution in [3.8, 4) is 0 Å². The van der Waals surface area contributed by atoms with Crippen LogP contribution in [0.5, 0.6) is 0 Å². The normalized spacial score (nSPS) is 27.9. The molecule has 4 nitrogen and oxygen atoms in total. The maximum atomic E-state index is 12.9. The molecular weight excluding hydrogens is 304 g/mol. The monoisotopic (exact) mass is 328 g/mol. The molecule has 1 aromatic rings. The average molecular weight is 329 g/mol. The third-order valence-corrected chi connectivity index (χ3v) is 8.10. The summed E-state index contributed by atoms with van der Waals surface area (Å²) in [5.74, 6) is 0. The predicted molar refractivity (Wildman–Crippen MR) is 86.0 cm³/mol. The van der Waals surface area contributed by atoms with Crippen molar-refractivity contribution in [1.29, 1.82) is 0 Å². The van der Waals surface area contributed by atoms with Crippen molar-refractivity contribution in [1.82, 2.24) is 9.62 Å². The Balaban J connectivity index is 1.76. The molecule has 118 valence electrons. The van der Waals surface area contributed by atoms with E-state index in [1.165, 1.54) is 24.2 Å². The molecule has 0 bridgehead atoms. The fourth-order valence-electron chi connectivity index (χ4n) is 3.10. The van der Waals surface area contributed by atoms with Gasteiger partial charge in [0, 0.05) is 29.5 Å². The van der Waals surface area contributed by atoms with E-state index in [-0.39, 0.29) is 12.1 Å². The van der Waals surface area contributed by atoms with E-state index in [2.05, 4.69) is 5.32 Å². The highest BCUT2D eigenvalue weighted by molar-refractivity contribution is 7.91. The fraction of sp³-hybridized carbons (Fsp3) is 0.733. The van der Waals surface area contributed by atoms with E-state index in [9.17, 15) is 8.42 Å². The van der Waals surface area contributed by atoms with Crippen molar-refractivity contribution in [3.05, 3.63) is 17.0 Å². The second-order valence-electron chi connectivity index (χ2n) is 6.34. The molecule has 0 aromatic carbocycles. The molecule has 3 rings (SSSR count). The minimum absolute atomic E-state index is 0.105. The fourth-order valence-corrected chi connectivity index (χ4v) is 6.39. The van der Waals surface area contributed by atoms with Crippen LogP contribution in [-0.4, -0.2) is 30.8 Å².